The first-order valence-corrected chi connectivity index (χ1v) is 8.32. The highest BCUT2D eigenvalue weighted by Gasteiger charge is 2.51. The Morgan fingerprint density at radius 3 is 2.05 bits per heavy atom. The molecule has 3 nitrogen and oxygen atoms in total. The molecule has 0 heterocycles. The zero-order valence-electron chi connectivity index (χ0n) is 13.8. The molecule has 0 saturated carbocycles. The molecule has 2 unspecified atom stereocenters. The fraction of sp³-hybridized carbons (Fsp3) is 0.867. The van der Waals surface area contributed by atoms with E-state index in [-0.39, 0.29) is 25.6 Å². The highest BCUT2D eigenvalue weighted by atomic mass is 31.1. The Bertz CT molecular complexity index is 326. The standard InChI is InChI=1S/C15H30NO2P/c1-9-10-16-15(14(5,6)7,11-13(2,3)4)12(17)18-19-8/h10,19H,9,11H2,1-8H3. The summed E-state index contributed by atoms with van der Waals surface area (Å²) < 4.78 is 5.35. The van der Waals surface area contributed by atoms with Crippen molar-refractivity contribution in [2.75, 3.05) is 6.66 Å². The molecule has 4 heteroatoms. The van der Waals surface area contributed by atoms with Crippen LogP contribution in [0.25, 0.3) is 0 Å². The van der Waals surface area contributed by atoms with E-state index >= 15 is 0 Å². The lowest BCUT2D eigenvalue weighted by atomic mass is 9.66. The van der Waals surface area contributed by atoms with Crippen molar-refractivity contribution in [1.82, 2.24) is 0 Å². The van der Waals surface area contributed by atoms with Gasteiger partial charge in [0.2, 0.25) is 0 Å². The van der Waals surface area contributed by atoms with E-state index in [4.69, 9.17) is 4.52 Å². The molecule has 0 N–H and O–H groups in total. The Hall–Kier alpha value is -0.430. The molecular weight excluding hydrogens is 257 g/mol. The Morgan fingerprint density at radius 2 is 1.74 bits per heavy atom. The maximum Gasteiger partial charge on any atom is 0.336 e. The van der Waals surface area contributed by atoms with Gasteiger partial charge in [-0.1, -0.05) is 48.5 Å². The summed E-state index contributed by atoms with van der Waals surface area (Å²) in [6, 6.07) is 0. The quantitative estimate of drug-likeness (QED) is 0.553. The van der Waals surface area contributed by atoms with Gasteiger partial charge >= 0.3 is 5.97 Å². The van der Waals surface area contributed by atoms with E-state index < -0.39 is 5.54 Å². The van der Waals surface area contributed by atoms with Gasteiger partial charge in [-0.2, -0.15) is 0 Å². The summed E-state index contributed by atoms with van der Waals surface area (Å²) in [7, 11) is 0.159. The number of carbonyl (C=O) groups is 1. The summed E-state index contributed by atoms with van der Waals surface area (Å²) in [6.07, 6.45) is 3.35. The van der Waals surface area contributed by atoms with E-state index in [9.17, 15) is 4.79 Å². The number of rotatable bonds is 5. The third-order valence-corrected chi connectivity index (χ3v) is 3.44. The van der Waals surface area contributed by atoms with Crippen molar-refractivity contribution in [2.24, 2.45) is 15.8 Å². The van der Waals surface area contributed by atoms with Crippen molar-refractivity contribution in [3.63, 3.8) is 0 Å². The summed E-state index contributed by atoms with van der Waals surface area (Å²) in [4.78, 5) is 17.2. The van der Waals surface area contributed by atoms with Gasteiger partial charge in [0.1, 0.15) is 0 Å². The molecule has 0 aliphatic rings. The van der Waals surface area contributed by atoms with Crippen LogP contribution < -0.4 is 0 Å². The monoisotopic (exact) mass is 287 g/mol. The highest BCUT2D eigenvalue weighted by Crippen LogP contribution is 2.44. The predicted octanol–water partition coefficient (Wildman–Crippen LogP) is 4.45. The lowest BCUT2D eigenvalue weighted by molar-refractivity contribution is -0.145. The molecule has 0 radical (unpaired) electrons. The molecule has 0 spiro atoms. The van der Waals surface area contributed by atoms with Crippen LogP contribution >= 0.6 is 8.81 Å². The van der Waals surface area contributed by atoms with Crippen LogP contribution in [0.5, 0.6) is 0 Å². The Morgan fingerprint density at radius 1 is 1.21 bits per heavy atom. The topological polar surface area (TPSA) is 38.7 Å². The van der Waals surface area contributed by atoms with Crippen molar-refractivity contribution in [3.8, 4) is 0 Å². The van der Waals surface area contributed by atoms with Gasteiger partial charge in [-0.3, -0.25) is 4.99 Å². The van der Waals surface area contributed by atoms with E-state index in [0.717, 1.165) is 6.42 Å². The van der Waals surface area contributed by atoms with Crippen LogP contribution in [0.1, 0.15) is 61.3 Å². The van der Waals surface area contributed by atoms with E-state index in [1.165, 1.54) is 0 Å². The average Bonchev–Trinajstić information content (AvgIpc) is 2.21. The number of nitrogens with zero attached hydrogens (tertiary/aromatic N) is 1. The van der Waals surface area contributed by atoms with Crippen molar-refractivity contribution >= 4 is 21.0 Å². The first kappa shape index (κ1) is 18.6. The summed E-state index contributed by atoms with van der Waals surface area (Å²) in [6.45, 7) is 16.5. The van der Waals surface area contributed by atoms with Crippen LogP contribution in [-0.4, -0.2) is 24.4 Å². The van der Waals surface area contributed by atoms with Gasteiger partial charge in [-0.25, -0.2) is 4.79 Å². The summed E-state index contributed by atoms with van der Waals surface area (Å²) in [5, 5.41) is 0. The van der Waals surface area contributed by atoms with Crippen molar-refractivity contribution in [3.05, 3.63) is 0 Å². The van der Waals surface area contributed by atoms with Crippen molar-refractivity contribution in [2.45, 2.75) is 66.8 Å². The Labute approximate surface area is 120 Å². The molecule has 0 aromatic carbocycles. The normalized spacial score (nSPS) is 17.1. The molecule has 2 atom stereocenters. The van der Waals surface area contributed by atoms with Gasteiger partial charge in [0.25, 0.3) is 0 Å². The maximum absolute atomic E-state index is 12.6. The molecule has 0 rings (SSSR count). The number of carbonyl (C=O) groups excluding carboxylic acids is 1. The van der Waals surface area contributed by atoms with E-state index in [0.29, 0.717) is 6.42 Å². The summed E-state index contributed by atoms with van der Waals surface area (Å²) in [5.41, 5.74) is -1.07. The van der Waals surface area contributed by atoms with Gasteiger partial charge in [-0.15, -0.1) is 0 Å². The Balaban J connectivity index is 5.73. The first-order chi connectivity index (χ1) is 8.50. The molecule has 0 bridgehead atoms. The minimum atomic E-state index is -0.801. The Kier molecular flexibility index (Phi) is 6.68. The molecule has 0 fully saturated rings. The van der Waals surface area contributed by atoms with Crippen LogP contribution in [0.3, 0.4) is 0 Å². The smallest absolute Gasteiger partial charge is 0.336 e. The van der Waals surface area contributed by atoms with Gasteiger partial charge in [-0.05, 0) is 36.6 Å². The molecule has 0 aliphatic heterocycles. The summed E-state index contributed by atoms with van der Waals surface area (Å²) in [5.74, 6) is -0.194. The summed E-state index contributed by atoms with van der Waals surface area (Å²) >= 11 is 0. The zero-order valence-corrected chi connectivity index (χ0v) is 14.8. The lowest BCUT2D eigenvalue weighted by Gasteiger charge is -2.42. The van der Waals surface area contributed by atoms with Crippen LogP contribution in [0.4, 0.5) is 0 Å². The van der Waals surface area contributed by atoms with Crippen LogP contribution in [0, 0.1) is 10.8 Å². The number of hydrogen-bond acceptors (Lipinski definition) is 3. The largest absolute Gasteiger partial charge is 0.447 e. The van der Waals surface area contributed by atoms with Crippen molar-refractivity contribution in [1.29, 1.82) is 0 Å². The molecule has 0 amide bonds. The maximum atomic E-state index is 12.6. The van der Waals surface area contributed by atoms with Gasteiger partial charge < -0.3 is 4.52 Å². The number of hydrogen-bond donors (Lipinski definition) is 0. The number of aliphatic imine (C=N–C) groups is 1. The molecule has 112 valence electrons. The molecule has 0 aliphatic carbocycles. The minimum absolute atomic E-state index is 0.00817. The third-order valence-electron chi connectivity index (χ3n) is 3.05. The molecular formula is C15H30NO2P. The van der Waals surface area contributed by atoms with Crippen LogP contribution in [-0.2, 0) is 9.32 Å². The lowest BCUT2D eigenvalue weighted by Crippen LogP contribution is -2.51. The van der Waals surface area contributed by atoms with Crippen molar-refractivity contribution < 1.29 is 9.32 Å². The van der Waals surface area contributed by atoms with Gasteiger partial charge in [0, 0.05) is 0 Å². The molecule has 0 saturated heterocycles. The van der Waals surface area contributed by atoms with Crippen LogP contribution in [0.2, 0.25) is 0 Å². The van der Waals surface area contributed by atoms with Gasteiger partial charge in [0.15, 0.2) is 5.54 Å². The average molecular weight is 287 g/mol. The molecule has 0 aromatic heterocycles. The zero-order chi connectivity index (χ0) is 15.3. The van der Waals surface area contributed by atoms with E-state index in [1.807, 2.05) is 19.8 Å². The second-order valence-corrected chi connectivity index (χ2v) is 7.77. The highest BCUT2D eigenvalue weighted by molar-refractivity contribution is 7.31. The second kappa shape index (κ2) is 6.83. The fourth-order valence-corrected chi connectivity index (χ4v) is 2.48. The van der Waals surface area contributed by atoms with E-state index in [1.54, 1.807) is 0 Å². The predicted molar refractivity (Wildman–Crippen MR) is 85.4 cm³/mol. The van der Waals surface area contributed by atoms with Crippen LogP contribution in [0.15, 0.2) is 4.99 Å². The molecule has 0 aromatic rings. The minimum Gasteiger partial charge on any atom is -0.447 e. The first-order valence-electron chi connectivity index (χ1n) is 6.92. The third kappa shape index (κ3) is 5.22. The van der Waals surface area contributed by atoms with E-state index in [2.05, 4.69) is 46.5 Å². The van der Waals surface area contributed by atoms with Gasteiger partial charge in [0.05, 0.1) is 8.81 Å². The SMILES string of the molecule is CCC=NC(CC(C)(C)C)(C(=O)OPC)C(C)(C)C. The fourth-order valence-electron chi connectivity index (χ4n) is 2.13. The second-order valence-electron chi connectivity index (χ2n) is 7.16. The molecule has 19 heavy (non-hydrogen) atoms.